The molecule has 0 unspecified atom stereocenters. The lowest BCUT2D eigenvalue weighted by Gasteiger charge is -2.34. The molecular formula is C21H20ClN3O2. The highest BCUT2D eigenvalue weighted by molar-refractivity contribution is 6.30. The van der Waals surface area contributed by atoms with Crippen LogP contribution in [0.5, 0.6) is 0 Å². The average Bonchev–Trinajstić information content (AvgIpc) is 3.19. The standard InChI is InChI=1S/C21H20ClN3O2/c22-18-8-4-5-16(13-18)15-24-9-11-25(12-10-24)21(26)20-14-19(23-27-20)17-6-2-1-3-7-17/h1-8,13-14H,9-12,15H2. The summed E-state index contributed by atoms with van der Waals surface area (Å²) in [5, 5.41) is 4.79. The van der Waals surface area contributed by atoms with Crippen molar-refractivity contribution in [3.8, 4) is 11.3 Å². The van der Waals surface area contributed by atoms with Crippen molar-refractivity contribution in [3.63, 3.8) is 0 Å². The number of carbonyl (C=O) groups excluding carboxylic acids is 1. The second-order valence-electron chi connectivity index (χ2n) is 6.64. The first-order valence-electron chi connectivity index (χ1n) is 8.97. The summed E-state index contributed by atoms with van der Waals surface area (Å²) in [5.41, 5.74) is 2.80. The zero-order valence-corrected chi connectivity index (χ0v) is 15.6. The molecule has 0 aliphatic carbocycles. The molecule has 6 heteroatoms. The van der Waals surface area contributed by atoms with Crippen LogP contribution in [0.25, 0.3) is 11.3 Å². The smallest absolute Gasteiger partial charge is 0.292 e. The fraction of sp³-hybridized carbons (Fsp3) is 0.238. The molecule has 0 bridgehead atoms. The number of halogens is 1. The summed E-state index contributed by atoms with van der Waals surface area (Å²) in [6, 6.07) is 19.3. The Kier molecular flexibility index (Phi) is 5.23. The van der Waals surface area contributed by atoms with Gasteiger partial charge in [-0.3, -0.25) is 9.69 Å². The maximum atomic E-state index is 12.7. The van der Waals surface area contributed by atoms with E-state index in [0.717, 1.165) is 30.2 Å². The molecule has 3 aromatic rings. The Hall–Kier alpha value is -2.63. The summed E-state index contributed by atoms with van der Waals surface area (Å²) in [5.74, 6) is 0.184. The lowest BCUT2D eigenvalue weighted by molar-refractivity contribution is 0.0589. The van der Waals surface area contributed by atoms with Gasteiger partial charge in [0.2, 0.25) is 5.76 Å². The number of carbonyl (C=O) groups is 1. The third-order valence-corrected chi connectivity index (χ3v) is 4.98. The molecule has 2 aromatic carbocycles. The van der Waals surface area contributed by atoms with Gasteiger partial charge in [0.25, 0.3) is 5.91 Å². The number of nitrogens with zero attached hydrogens (tertiary/aromatic N) is 3. The van der Waals surface area contributed by atoms with Gasteiger partial charge in [0.05, 0.1) is 0 Å². The first-order chi connectivity index (χ1) is 13.2. The van der Waals surface area contributed by atoms with Gasteiger partial charge < -0.3 is 9.42 Å². The Labute approximate surface area is 163 Å². The van der Waals surface area contributed by atoms with Crippen molar-refractivity contribution in [1.82, 2.24) is 15.0 Å². The summed E-state index contributed by atoms with van der Waals surface area (Å²) in [6.07, 6.45) is 0. The van der Waals surface area contributed by atoms with Crippen molar-refractivity contribution in [2.75, 3.05) is 26.2 Å². The number of hydrogen-bond donors (Lipinski definition) is 0. The van der Waals surface area contributed by atoms with E-state index in [9.17, 15) is 4.79 Å². The topological polar surface area (TPSA) is 49.6 Å². The van der Waals surface area contributed by atoms with Gasteiger partial charge in [-0.1, -0.05) is 59.2 Å². The Morgan fingerprint density at radius 2 is 1.78 bits per heavy atom. The predicted molar refractivity (Wildman–Crippen MR) is 105 cm³/mol. The molecule has 5 nitrogen and oxygen atoms in total. The van der Waals surface area contributed by atoms with Gasteiger partial charge in [-0.15, -0.1) is 0 Å². The van der Waals surface area contributed by atoms with E-state index < -0.39 is 0 Å². The molecule has 2 heterocycles. The minimum absolute atomic E-state index is 0.105. The van der Waals surface area contributed by atoms with E-state index in [2.05, 4.69) is 16.1 Å². The van der Waals surface area contributed by atoms with Crippen molar-refractivity contribution >= 4 is 17.5 Å². The van der Waals surface area contributed by atoms with Crippen molar-refractivity contribution in [2.24, 2.45) is 0 Å². The van der Waals surface area contributed by atoms with Crippen molar-refractivity contribution in [1.29, 1.82) is 0 Å². The largest absolute Gasteiger partial charge is 0.350 e. The van der Waals surface area contributed by atoms with Crippen LogP contribution >= 0.6 is 11.6 Å². The molecule has 1 amide bonds. The molecule has 0 spiro atoms. The number of hydrogen-bond acceptors (Lipinski definition) is 4. The van der Waals surface area contributed by atoms with Gasteiger partial charge in [0.1, 0.15) is 5.69 Å². The number of rotatable bonds is 4. The van der Waals surface area contributed by atoms with Crippen LogP contribution in [0.1, 0.15) is 16.1 Å². The minimum Gasteiger partial charge on any atom is -0.350 e. The van der Waals surface area contributed by atoms with Gasteiger partial charge in [0, 0.05) is 49.4 Å². The number of aromatic nitrogens is 1. The molecule has 4 rings (SSSR count). The van der Waals surface area contributed by atoms with Crippen LogP contribution < -0.4 is 0 Å². The molecule has 138 valence electrons. The highest BCUT2D eigenvalue weighted by atomic mass is 35.5. The molecule has 0 atom stereocenters. The van der Waals surface area contributed by atoms with Crippen LogP contribution in [-0.4, -0.2) is 47.0 Å². The minimum atomic E-state index is -0.105. The summed E-state index contributed by atoms with van der Waals surface area (Å²) >= 11 is 6.05. The third-order valence-electron chi connectivity index (χ3n) is 4.75. The number of benzene rings is 2. The fourth-order valence-corrected chi connectivity index (χ4v) is 3.49. The lowest BCUT2D eigenvalue weighted by Crippen LogP contribution is -2.48. The summed E-state index contributed by atoms with van der Waals surface area (Å²) < 4.78 is 5.30. The normalized spacial score (nSPS) is 15.1. The van der Waals surface area contributed by atoms with E-state index in [1.54, 1.807) is 6.07 Å². The fourth-order valence-electron chi connectivity index (χ4n) is 3.28. The van der Waals surface area contributed by atoms with E-state index in [1.807, 2.05) is 53.4 Å². The number of amides is 1. The van der Waals surface area contributed by atoms with E-state index in [1.165, 1.54) is 5.56 Å². The zero-order chi connectivity index (χ0) is 18.6. The predicted octanol–water partition coefficient (Wildman–Crippen LogP) is 3.95. The van der Waals surface area contributed by atoms with Gasteiger partial charge in [-0.2, -0.15) is 0 Å². The second kappa shape index (κ2) is 7.94. The molecular weight excluding hydrogens is 362 g/mol. The monoisotopic (exact) mass is 381 g/mol. The van der Waals surface area contributed by atoms with Crippen LogP contribution in [0.15, 0.2) is 65.2 Å². The first kappa shape index (κ1) is 17.8. The molecule has 1 aliphatic rings. The number of piperazine rings is 1. The van der Waals surface area contributed by atoms with Crippen molar-refractivity contribution in [2.45, 2.75) is 6.54 Å². The quantitative estimate of drug-likeness (QED) is 0.686. The Morgan fingerprint density at radius 3 is 2.52 bits per heavy atom. The Balaban J connectivity index is 1.35. The molecule has 0 N–H and O–H groups in total. The van der Waals surface area contributed by atoms with Crippen molar-refractivity contribution in [3.05, 3.63) is 77.0 Å². The van der Waals surface area contributed by atoms with Gasteiger partial charge in [-0.05, 0) is 17.7 Å². The Morgan fingerprint density at radius 1 is 1.00 bits per heavy atom. The van der Waals surface area contributed by atoms with E-state index >= 15 is 0 Å². The second-order valence-corrected chi connectivity index (χ2v) is 7.08. The van der Waals surface area contributed by atoms with Crippen LogP contribution in [0, 0.1) is 0 Å². The third kappa shape index (κ3) is 4.21. The maximum Gasteiger partial charge on any atom is 0.292 e. The van der Waals surface area contributed by atoms with Gasteiger partial charge in [0.15, 0.2) is 0 Å². The zero-order valence-electron chi connectivity index (χ0n) is 14.8. The SMILES string of the molecule is O=C(c1cc(-c2ccccc2)no1)N1CCN(Cc2cccc(Cl)c2)CC1. The highest BCUT2D eigenvalue weighted by Gasteiger charge is 2.25. The lowest BCUT2D eigenvalue weighted by atomic mass is 10.1. The molecule has 1 saturated heterocycles. The van der Waals surface area contributed by atoms with Gasteiger partial charge in [-0.25, -0.2) is 0 Å². The first-order valence-corrected chi connectivity index (χ1v) is 9.35. The van der Waals surface area contributed by atoms with Crippen molar-refractivity contribution < 1.29 is 9.32 Å². The van der Waals surface area contributed by atoms with Crippen LogP contribution in [0.2, 0.25) is 5.02 Å². The molecule has 1 fully saturated rings. The maximum absolute atomic E-state index is 12.7. The molecule has 1 aromatic heterocycles. The molecule has 27 heavy (non-hydrogen) atoms. The summed E-state index contributed by atoms with van der Waals surface area (Å²) in [4.78, 5) is 16.9. The van der Waals surface area contributed by atoms with Crippen LogP contribution in [0.4, 0.5) is 0 Å². The van der Waals surface area contributed by atoms with Gasteiger partial charge >= 0.3 is 0 Å². The Bertz CT molecular complexity index is 918. The average molecular weight is 382 g/mol. The van der Waals surface area contributed by atoms with Crippen LogP contribution in [0.3, 0.4) is 0 Å². The highest BCUT2D eigenvalue weighted by Crippen LogP contribution is 2.20. The van der Waals surface area contributed by atoms with E-state index in [0.29, 0.717) is 18.8 Å². The van der Waals surface area contributed by atoms with Crippen LogP contribution in [-0.2, 0) is 6.54 Å². The molecule has 0 saturated carbocycles. The molecule has 1 aliphatic heterocycles. The molecule has 0 radical (unpaired) electrons. The summed E-state index contributed by atoms with van der Waals surface area (Å²) in [7, 11) is 0. The van der Waals surface area contributed by atoms with E-state index in [-0.39, 0.29) is 11.7 Å². The van der Waals surface area contributed by atoms with E-state index in [4.69, 9.17) is 16.1 Å². The summed E-state index contributed by atoms with van der Waals surface area (Å²) in [6.45, 7) is 3.81.